The van der Waals surface area contributed by atoms with E-state index in [0.29, 0.717) is 35.9 Å². The third-order valence-electron chi connectivity index (χ3n) is 3.45. The van der Waals surface area contributed by atoms with Crippen LogP contribution in [-0.4, -0.2) is 42.4 Å². The van der Waals surface area contributed by atoms with E-state index >= 15 is 0 Å². The molecule has 114 valence electrons. The van der Waals surface area contributed by atoms with Crippen LogP contribution in [0.1, 0.15) is 13.3 Å². The molecule has 21 heavy (non-hydrogen) atoms. The van der Waals surface area contributed by atoms with Gasteiger partial charge in [-0.05, 0) is 24.6 Å². The standard InChI is InChI=1S/C14H19ClN4O2/c1-2-12-14(21)17-5-6-19(12)8-13(20)18-9-3-4-10(15)11(16)7-9/h3-4,7,12H,2,5-6,8,16H2,1H3,(H,17,21)(H,18,20). The Hall–Kier alpha value is -1.79. The molecular weight excluding hydrogens is 292 g/mol. The van der Waals surface area contributed by atoms with Gasteiger partial charge in [0, 0.05) is 18.8 Å². The molecule has 6 nitrogen and oxygen atoms in total. The third kappa shape index (κ3) is 3.86. The van der Waals surface area contributed by atoms with E-state index in [1.165, 1.54) is 0 Å². The topological polar surface area (TPSA) is 87.5 Å². The number of nitrogens with one attached hydrogen (secondary N) is 2. The number of nitrogen functional groups attached to an aromatic ring is 1. The van der Waals surface area contributed by atoms with Gasteiger partial charge in [-0.15, -0.1) is 0 Å². The van der Waals surface area contributed by atoms with E-state index in [0.717, 1.165) is 0 Å². The van der Waals surface area contributed by atoms with Gasteiger partial charge in [-0.3, -0.25) is 14.5 Å². The van der Waals surface area contributed by atoms with E-state index in [9.17, 15) is 9.59 Å². The number of carbonyl (C=O) groups excluding carboxylic acids is 2. The van der Waals surface area contributed by atoms with Crippen LogP contribution in [0.2, 0.25) is 5.02 Å². The number of halogens is 1. The van der Waals surface area contributed by atoms with Gasteiger partial charge < -0.3 is 16.4 Å². The zero-order valence-electron chi connectivity index (χ0n) is 11.9. The number of rotatable bonds is 4. The van der Waals surface area contributed by atoms with Gasteiger partial charge in [0.2, 0.25) is 11.8 Å². The first kappa shape index (κ1) is 15.6. The second kappa shape index (κ2) is 6.78. The summed E-state index contributed by atoms with van der Waals surface area (Å²) in [5.41, 5.74) is 6.70. The average molecular weight is 311 g/mol. The molecule has 4 N–H and O–H groups in total. The molecular formula is C14H19ClN4O2. The Morgan fingerprint density at radius 3 is 3.00 bits per heavy atom. The van der Waals surface area contributed by atoms with Crippen molar-refractivity contribution in [2.24, 2.45) is 0 Å². The quantitative estimate of drug-likeness (QED) is 0.726. The molecule has 1 atom stereocenters. The first-order valence-electron chi connectivity index (χ1n) is 6.88. The van der Waals surface area contributed by atoms with Gasteiger partial charge in [0.1, 0.15) is 0 Å². The number of nitrogens with two attached hydrogens (primary N) is 1. The molecule has 2 rings (SSSR count). The van der Waals surface area contributed by atoms with E-state index in [2.05, 4.69) is 10.6 Å². The van der Waals surface area contributed by atoms with Crippen molar-refractivity contribution in [1.82, 2.24) is 10.2 Å². The van der Waals surface area contributed by atoms with Crippen LogP contribution in [0.5, 0.6) is 0 Å². The van der Waals surface area contributed by atoms with Crippen LogP contribution in [0.4, 0.5) is 11.4 Å². The van der Waals surface area contributed by atoms with Gasteiger partial charge in [-0.2, -0.15) is 0 Å². The minimum atomic E-state index is -0.250. The molecule has 2 amide bonds. The normalized spacial score (nSPS) is 19.1. The van der Waals surface area contributed by atoms with Crippen LogP contribution < -0.4 is 16.4 Å². The molecule has 1 aliphatic rings. The lowest BCUT2D eigenvalue weighted by Gasteiger charge is -2.33. The van der Waals surface area contributed by atoms with Gasteiger partial charge >= 0.3 is 0 Å². The molecule has 0 spiro atoms. The zero-order valence-corrected chi connectivity index (χ0v) is 12.6. The molecule has 7 heteroatoms. The van der Waals surface area contributed by atoms with Gasteiger partial charge in [0.15, 0.2) is 0 Å². The zero-order chi connectivity index (χ0) is 15.4. The maximum Gasteiger partial charge on any atom is 0.238 e. The van der Waals surface area contributed by atoms with Crippen molar-refractivity contribution in [1.29, 1.82) is 0 Å². The lowest BCUT2D eigenvalue weighted by Crippen LogP contribution is -2.56. The Balaban J connectivity index is 1.97. The molecule has 1 aromatic carbocycles. The van der Waals surface area contributed by atoms with Crippen LogP contribution in [-0.2, 0) is 9.59 Å². The molecule has 0 bridgehead atoms. The largest absolute Gasteiger partial charge is 0.397 e. The summed E-state index contributed by atoms with van der Waals surface area (Å²) in [4.78, 5) is 25.7. The van der Waals surface area contributed by atoms with Crippen LogP contribution >= 0.6 is 11.6 Å². The van der Waals surface area contributed by atoms with Gasteiger partial charge in [-0.25, -0.2) is 0 Å². The highest BCUT2D eigenvalue weighted by atomic mass is 35.5. The summed E-state index contributed by atoms with van der Waals surface area (Å²) in [6.45, 7) is 3.34. The SMILES string of the molecule is CCC1C(=O)NCCN1CC(=O)Nc1ccc(Cl)c(N)c1. The smallest absolute Gasteiger partial charge is 0.238 e. The highest BCUT2D eigenvalue weighted by Crippen LogP contribution is 2.22. The van der Waals surface area contributed by atoms with Crippen molar-refractivity contribution in [2.45, 2.75) is 19.4 Å². The minimum Gasteiger partial charge on any atom is -0.397 e. The molecule has 0 radical (unpaired) electrons. The van der Waals surface area contributed by atoms with E-state index in [-0.39, 0.29) is 24.4 Å². The fourth-order valence-corrected chi connectivity index (χ4v) is 2.52. The molecule has 1 heterocycles. The predicted octanol–water partition coefficient (Wildman–Crippen LogP) is 1.07. The summed E-state index contributed by atoms with van der Waals surface area (Å²) in [6.07, 6.45) is 0.674. The summed E-state index contributed by atoms with van der Waals surface area (Å²) < 4.78 is 0. The maximum atomic E-state index is 12.1. The van der Waals surface area contributed by atoms with E-state index in [1.807, 2.05) is 11.8 Å². The molecule has 1 unspecified atom stereocenters. The number of piperazine rings is 1. The minimum absolute atomic E-state index is 0.0210. The fraction of sp³-hybridized carbons (Fsp3) is 0.429. The van der Waals surface area contributed by atoms with Crippen LogP contribution in [0.25, 0.3) is 0 Å². The number of nitrogens with zero attached hydrogens (tertiary/aromatic N) is 1. The second-order valence-electron chi connectivity index (χ2n) is 4.97. The van der Waals surface area contributed by atoms with Gasteiger partial charge in [0.25, 0.3) is 0 Å². The Labute approximate surface area is 128 Å². The first-order chi connectivity index (χ1) is 10.0. The maximum absolute atomic E-state index is 12.1. The van der Waals surface area contributed by atoms with Crippen LogP contribution in [0.3, 0.4) is 0 Å². The third-order valence-corrected chi connectivity index (χ3v) is 3.80. The Morgan fingerprint density at radius 2 is 2.33 bits per heavy atom. The Morgan fingerprint density at radius 1 is 1.57 bits per heavy atom. The number of anilines is 2. The lowest BCUT2D eigenvalue weighted by molar-refractivity contribution is -0.130. The average Bonchev–Trinajstić information content (AvgIpc) is 2.43. The van der Waals surface area contributed by atoms with E-state index < -0.39 is 0 Å². The summed E-state index contributed by atoms with van der Waals surface area (Å²) in [6, 6.07) is 4.69. The van der Waals surface area contributed by atoms with E-state index in [1.54, 1.807) is 18.2 Å². The molecule has 1 saturated heterocycles. The van der Waals surface area contributed by atoms with Crippen LogP contribution in [0.15, 0.2) is 18.2 Å². The Bertz CT molecular complexity index is 550. The molecule has 1 aromatic rings. The first-order valence-corrected chi connectivity index (χ1v) is 7.25. The summed E-state index contributed by atoms with van der Waals surface area (Å²) in [5, 5.41) is 6.02. The van der Waals surface area contributed by atoms with Crippen molar-refractivity contribution in [3.05, 3.63) is 23.2 Å². The number of benzene rings is 1. The van der Waals surface area contributed by atoms with Crippen molar-refractivity contribution in [2.75, 3.05) is 30.7 Å². The van der Waals surface area contributed by atoms with Gasteiger partial charge in [-0.1, -0.05) is 18.5 Å². The van der Waals surface area contributed by atoms with Crippen LogP contribution in [0, 0.1) is 0 Å². The number of hydrogen-bond acceptors (Lipinski definition) is 4. The van der Waals surface area contributed by atoms with Crippen molar-refractivity contribution < 1.29 is 9.59 Å². The number of amides is 2. The Kier molecular flexibility index (Phi) is 5.03. The fourth-order valence-electron chi connectivity index (χ4n) is 2.40. The van der Waals surface area contributed by atoms with Gasteiger partial charge in [0.05, 0.1) is 23.3 Å². The number of hydrogen-bond donors (Lipinski definition) is 3. The summed E-state index contributed by atoms with van der Waals surface area (Å²) in [7, 11) is 0. The predicted molar refractivity (Wildman–Crippen MR) is 83.2 cm³/mol. The highest BCUT2D eigenvalue weighted by molar-refractivity contribution is 6.33. The molecule has 1 aliphatic heterocycles. The number of carbonyl (C=O) groups is 2. The highest BCUT2D eigenvalue weighted by Gasteiger charge is 2.29. The monoisotopic (exact) mass is 310 g/mol. The molecule has 0 saturated carbocycles. The van der Waals surface area contributed by atoms with Crippen molar-refractivity contribution in [3.8, 4) is 0 Å². The second-order valence-corrected chi connectivity index (χ2v) is 5.38. The lowest BCUT2D eigenvalue weighted by atomic mass is 10.1. The molecule has 0 aliphatic carbocycles. The van der Waals surface area contributed by atoms with E-state index in [4.69, 9.17) is 17.3 Å². The molecule has 1 fully saturated rings. The molecule has 0 aromatic heterocycles. The van der Waals surface area contributed by atoms with Crippen molar-refractivity contribution in [3.63, 3.8) is 0 Å². The van der Waals surface area contributed by atoms with Crippen molar-refractivity contribution >= 4 is 34.8 Å². The summed E-state index contributed by atoms with van der Waals surface area (Å²) in [5.74, 6) is -0.197. The summed E-state index contributed by atoms with van der Waals surface area (Å²) >= 11 is 5.84.